The first-order chi connectivity index (χ1) is 6.25. The van der Waals surface area contributed by atoms with E-state index in [4.69, 9.17) is 11.6 Å². The zero-order chi connectivity index (χ0) is 9.26. The smallest absolute Gasteiger partial charge is 0.124 e. The van der Waals surface area contributed by atoms with Gasteiger partial charge in [0, 0.05) is 16.0 Å². The van der Waals surface area contributed by atoms with Crippen LogP contribution >= 0.6 is 38.9 Å². The van der Waals surface area contributed by atoms with Gasteiger partial charge in [0.1, 0.15) is 9.61 Å². The summed E-state index contributed by atoms with van der Waals surface area (Å²) in [6.45, 7) is 0. The van der Waals surface area contributed by atoms with Crippen molar-refractivity contribution in [3.63, 3.8) is 0 Å². The van der Waals surface area contributed by atoms with E-state index < -0.39 is 0 Å². The highest BCUT2D eigenvalue weighted by Crippen LogP contribution is 2.26. The van der Waals surface area contributed by atoms with Gasteiger partial charge in [-0.3, -0.25) is 0 Å². The highest BCUT2D eigenvalue weighted by atomic mass is 79.9. The summed E-state index contributed by atoms with van der Waals surface area (Å²) in [6, 6.07) is 7.67. The van der Waals surface area contributed by atoms with Crippen molar-refractivity contribution in [3.8, 4) is 10.6 Å². The van der Waals surface area contributed by atoms with Crippen LogP contribution in [0.25, 0.3) is 10.6 Å². The lowest BCUT2D eigenvalue weighted by Crippen LogP contribution is -1.74. The highest BCUT2D eigenvalue weighted by Gasteiger charge is 2.01. The molecule has 0 fully saturated rings. The number of benzene rings is 1. The van der Waals surface area contributed by atoms with E-state index in [0.29, 0.717) is 0 Å². The van der Waals surface area contributed by atoms with Gasteiger partial charge in [0.15, 0.2) is 0 Å². The van der Waals surface area contributed by atoms with Crippen molar-refractivity contribution in [2.24, 2.45) is 0 Å². The maximum Gasteiger partial charge on any atom is 0.124 e. The SMILES string of the molecule is Clc1ccc(-c2nc(Br)cs2)cc1. The summed E-state index contributed by atoms with van der Waals surface area (Å²) in [5.41, 5.74) is 1.10. The Morgan fingerprint density at radius 1 is 1.23 bits per heavy atom. The first kappa shape index (κ1) is 9.19. The lowest BCUT2D eigenvalue weighted by atomic mass is 10.2. The van der Waals surface area contributed by atoms with E-state index in [1.54, 1.807) is 11.3 Å². The number of nitrogens with zero attached hydrogens (tertiary/aromatic N) is 1. The van der Waals surface area contributed by atoms with E-state index in [9.17, 15) is 0 Å². The van der Waals surface area contributed by atoms with Crippen LogP contribution in [0.3, 0.4) is 0 Å². The molecule has 0 radical (unpaired) electrons. The lowest BCUT2D eigenvalue weighted by Gasteiger charge is -1.94. The first-order valence-electron chi connectivity index (χ1n) is 3.63. The number of hydrogen-bond donors (Lipinski definition) is 0. The number of rotatable bonds is 1. The number of hydrogen-bond acceptors (Lipinski definition) is 2. The van der Waals surface area contributed by atoms with E-state index >= 15 is 0 Å². The lowest BCUT2D eigenvalue weighted by molar-refractivity contribution is 1.36. The van der Waals surface area contributed by atoms with Crippen LogP contribution in [0, 0.1) is 0 Å². The standard InChI is InChI=1S/C9H5BrClNS/c10-8-5-13-9(12-8)6-1-3-7(11)4-2-6/h1-5H. The van der Waals surface area contributed by atoms with Crippen LogP contribution in [0.15, 0.2) is 34.2 Å². The van der Waals surface area contributed by atoms with Crippen molar-refractivity contribution in [2.75, 3.05) is 0 Å². The molecule has 0 saturated carbocycles. The zero-order valence-electron chi connectivity index (χ0n) is 6.50. The Bertz CT molecular complexity index is 410. The predicted molar refractivity (Wildman–Crippen MR) is 60.3 cm³/mol. The van der Waals surface area contributed by atoms with Crippen molar-refractivity contribution >= 4 is 38.9 Å². The topological polar surface area (TPSA) is 12.9 Å². The second kappa shape index (κ2) is 3.78. The predicted octanol–water partition coefficient (Wildman–Crippen LogP) is 4.23. The molecule has 1 aromatic carbocycles. The second-order valence-corrected chi connectivity index (χ2v) is 4.59. The Hall–Kier alpha value is -0.380. The Labute approximate surface area is 93.5 Å². The largest absolute Gasteiger partial charge is 0.229 e. The van der Waals surface area contributed by atoms with Gasteiger partial charge in [-0.2, -0.15) is 0 Å². The molecule has 0 atom stereocenters. The molecule has 0 spiro atoms. The molecule has 0 N–H and O–H groups in total. The fourth-order valence-electron chi connectivity index (χ4n) is 0.979. The van der Waals surface area contributed by atoms with E-state index in [1.165, 1.54) is 0 Å². The summed E-state index contributed by atoms with van der Waals surface area (Å²) in [4.78, 5) is 4.30. The fraction of sp³-hybridized carbons (Fsp3) is 0. The average molecular weight is 275 g/mol. The van der Waals surface area contributed by atoms with Crippen molar-refractivity contribution in [1.29, 1.82) is 0 Å². The van der Waals surface area contributed by atoms with Crippen LogP contribution in [0.2, 0.25) is 5.02 Å². The summed E-state index contributed by atoms with van der Waals surface area (Å²) in [7, 11) is 0. The molecule has 0 aliphatic carbocycles. The summed E-state index contributed by atoms with van der Waals surface area (Å²) in [5.74, 6) is 0. The molecule has 0 aliphatic rings. The van der Waals surface area contributed by atoms with Gasteiger partial charge < -0.3 is 0 Å². The van der Waals surface area contributed by atoms with Crippen LogP contribution in [-0.4, -0.2) is 4.98 Å². The van der Waals surface area contributed by atoms with E-state index in [-0.39, 0.29) is 0 Å². The quantitative estimate of drug-likeness (QED) is 0.758. The summed E-state index contributed by atoms with van der Waals surface area (Å²) in [6.07, 6.45) is 0. The third-order valence-corrected chi connectivity index (χ3v) is 3.42. The van der Waals surface area contributed by atoms with Crippen molar-refractivity contribution in [3.05, 3.63) is 39.3 Å². The fourth-order valence-corrected chi connectivity index (χ4v) is 2.37. The van der Waals surface area contributed by atoms with Crippen molar-refractivity contribution in [2.45, 2.75) is 0 Å². The minimum Gasteiger partial charge on any atom is -0.229 e. The average Bonchev–Trinajstić information content (AvgIpc) is 2.53. The molecule has 0 unspecified atom stereocenters. The van der Waals surface area contributed by atoms with Gasteiger partial charge in [-0.05, 0) is 28.1 Å². The van der Waals surface area contributed by atoms with Crippen LogP contribution in [-0.2, 0) is 0 Å². The summed E-state index contributed by atoms with van der Waals surface area (Å²) in [5, 5.41) is 3.71. The monoisotopic (exact) mass is 273 g/mol. The molecule has 0 aliphatic heterocycles. The maximum absolute atomic E-state index is 5.78. The van der Waals surface area contributed by atoms with Crippen LogP contribution < -0.4 is 0 Å². The van der Waals surface area contributed by atoms with Crippen LogP contribution in [0.4, 0.5) is 0 Å². The van der Waals surface area contributed by atoms with Crippen molar-refractivity contribution in [1.82, 2.24) is 4.98 Å². The minimum absolute atomic E-state index is 0.749. The number of halogens is 2. The molecule has 13 heavy (non-hydrogen) atoms. The molecular weight excluding hydrogens is 270 g/mol. The zero-order valence-corrected chi connectivity index (χ0v) is 9.66. The Balaban J connectivity index is 2.41. The molecular formula is C9H5BrClNS. The van der Waals surface area contributed by atoms with E-state index in [0.717, 1.165) is 20.2 Å². The minimum atomic E-state index is 0.749. The number of aromatic nitrogens is 1. The molecule has 1 nitrogen and oxygen atoms in total. The molecule has 1 aromatic heterocycles. The third kappa shape index (κ3) is 2.10. The number of thiazole rings is 1. The van der Waals surface area contributed by atoms with Gasteiger partial charge >= 0.3 is 0 Å². The molecule has 2 aromatic rings. The third-order valence-electron chi connectivity index (χ3n) is 1.57. The summed E-state index contributed by atoms with van der Waals surface area (Å²) >= 11 is 10.7. The Morgan fingerprint density at radius 2 is 1.92 bits per heavy atom. The maximum atomic E-state index is 5.78. The molecule has 0 bridgehead atoms. The van der Waals surface area contributed by atoms with Gasteiger partial charge in [0.05, 0.1) is 0 Å². The van der Waals surface area contributed by atoms with E-state index in [2.05, 4.69) is 20.9 Å². The highest BCUT2D eigenvalue weighted by molar-refractivity contribution is 9.10. The summed E-state index contributed by atoms with van der Waals surface area (Å²) < 4.78 is 0.877. The molecule has 2 rings (SSSR count). The molecule has 4 heteroatoms. The molecule has 0 amide bonds. The van der Waals surface area contributed by atoms with Gasteiger partial charge in [-0.15, -0.1) is 11.3 Å². The van der Waals surface area contributed by atoms with Gasteiger partial charge in [-0.1, -0.05) is 23.7 Å². The molecule has 0 saturated heterocycles. The Kier molecular flexibility index (Phi) is 2.67. The molecule has 66 valence electrons. The van der Waals surface area contributed by atoms with Crippen molar-refractivity contribution < 1.29 is 0 Å². The Morgan fingerprint density at radius 3 is 2.46 bits per heavy atom. The van der Waals surface area contributed by atoms with Gasteiger partial charge in [-0.25, -0.2) is 4.98 Å². The molecule has 1 heterocycles. The normalized spacial score (nSPS) is 10.3. The second-order valence-electron chi connectivity index (χ2n) is 2.48. The first-order valence-corrected chi connectivity index (χ1v) is 5.68. The van der Waals surface area contributed by atoms with Gasteiger partial charge in [0.25, 0.3) is 0 Å². The van der Waals surface area contributed by atoms with Gasteiger partial charge in [0.2, 0.25) is 0 Å². The van der Waals surface area contributed by atoms with E-state index in [1.807, 2.05) is 29.6 Å². The van der Waals surface area contributed by atoms with Crippen LogP contribution in [0.5, 0.6) is 0 Å². The van der Waals surface area contributed by atoms with Crippen LogP contribution in [0.1, 0.15) is 0 Å².